The summed E-state index contributed by atoms with van der Waals surface area (Å²) < 4.78 is 0. The quantitative estimate of drug-likeness (QED) is 0.762. The molecule has 1 aromatic rings. The molecule has 1 rings (SSSR count). The van der Waals surface area contributed by atoms with E-state index in [4.69, 9.17) is 0 Å². The Morgan fingerprint density at radius 3 is 1.95 bits per heavy atom. The van der Waals surface area contributed by atoms with Crippen LogP contribution in [0.25, 0.3) is 0 Å². The summed E-state index contributed by atoms with van der Waals surface area (Å²) in [6, 6.07) is 5.35. The molecule has 0 aromatic heterocycles. The fourth-order valence-electron chi connectivity index (χ4n) is 2.84. The van der Waals surface area contributed by atoms with Gasteiger partial charge in [-0.05, 0) is 66.8 Å². The van der Waals surface area contributed by atoms with Crippen molar-refractivity contribution < 1.29 is 0 Å². The largest absolute Gasteiger partial charge is 0.313 e. The number of rotatable bonds is 6. The lowest BCUT2D eigenvalue weighted by atomic mass is 9.82. The SMILES string of the molecule is CCCNC(Cc1c(C)cc(C(C)(C)C)cc1C)C(C)C. The molecule has 0 spiro atoms. The normalized spacial score (nSPS) is 13.8. The summed E-state index contributed by atoms with van der Waals surface area (Å²) in [5.74, 6) is 0.664. The highest BCUT2D eigenvalue weighted by molar-refractivity contribution is 5.41. The molecular formula is C20H35N. The molecule has 1 unspecified atom stereocenters. The molecule has 0 radical (unpaired) electrons. The minimum absolute atomic E-state index is 0.228. The van der Waals surface area contributed by atoms with E-state index in [0.29, 0.717) is 12.0 Å². The van der Waals surface area contributed by atoms with Crippen LogP contribution in [0.1, 0.15) is 70.2 Å². The first kappa shape index (κ1) is 18.2. The zero-order chi connectivity index (χ0) is 16.2. The van der Waals surface area contributed by atoms with Crippen LogP contribution in [0.4, 0.5) is 0 Å². The van der Waals surface area contributed by atoms with Crippen molar-refractivity contribution in [2.75, 3.05) is 6.54 Å². The Morgan fingerprint density at radius 2 is 1.57 bits per heavy atom. The van der Waals surface area contributed by atoms with Crippen LogP contribution >= 0.6 is 0 Å². The maximum absolute atomic E-state index is 3.72. The first-order chi connectivity index (χ1) is 9.66. The van der Waals surface area contributed by atoms with Crippen LogP contribution in [-0.4, -0.2) is 12.6 Å². The van der Waals surface area contributed by atoms with Crippen molar-refractivity contribution in [3.63, 3.8) is 0 Å². The number of benzene rings is 1. The van der Waals surface area contributed by atoms with Gasteiger partial charge in [0.2, 0.25) is 0 Å². The van der Waals surface area contributed by atoms with Gasteiger partial charge in [-0.25, -0.2) is 0 Å². The van der Waals surface area contributed by atoms with Gasteiger partial charge in [0.1, 0.15) is 0 Å². The Hall–Kier alpha value is -0.820. The summed E-state index contributed by atoms with van der Waals surface area (Å²) in [5.41, 5.74) is 6.10. The predicted molar refractivity (Wildman–Crippen MR) is 95.2 cm³/mol. The van der Waals surface area contributed by atoms with Gasteiger partial charge >= 0.3 is 0 Å². The van der Waals surface area contributed by atoms with Crippen LogP contribution in [0, 0.1) is 19.8 Å². The average molecular weight is 290 g/mol. The van der Waals surface area contributed by atoms with E-state index in [0.717, 1.165) is 13.0 Å². The zero-order valence-electron chi connectivity index (χ0n) is 15.4. The lowest BCUT2D eigenvalue weighted by Crippen LogP contribution is -2.36. The molecule has 120 valence electrons. The fourth-order valence-corrected chi connectivity index (χ4v) is 2.84. The average Bonchev–Trinajstić information content (AvgIpc) is 2.35. The van der Waals surface area contributed by atoms with Crippen molar-refractivity contribution in [3.8, 4) is 0 Å². The number of hydrogen-bond donors (Lipinski definition) is 1. The Balaban J connectivity index is 3.02. The Bertz CT molecular complexity index is 428. The second-order valence-electron chi connectivity index (χ2n) is 7.85. The van der Waals surface area contributed by atoms with Crippen molar-refractivity contribution in [2.45, 2.75) is 79.7 Å². The van der Waals surface area contributed by atoms with Crippen molar-refractivity contribution >= 4 is 0 Å². The van der Waals surface area contributed by atoms with Gasteiger partial charge in [0.15, 0.2) is 0 Å². The first-order valence-corrected chi connectivity index (χ1v) is 8.50. The van der Waals surface area contributed by atoms with Gasteiger partial charge in [0, 0.05) is 6.04 Å². The Labute approximate surface area is 132 Å². The third-order valence-corrected chi connectivity index (χ3v) is 4.45. The summed E-state index contributed by atoms with van der Waals surface area (Å²) in [6.07, 6.45) is 2.34. The highest BCUT2D eigenvalue weighted by atomic mass is 14.9. The maximum Gasteiger partial charge on any atom is 0.0131 e. The van der Waals surface area contributed by atoms with Gasteiger partial charge < -0.3 is 5.32 Å². The summed E-state index contributed by atoms with van der Waals surface area (Å²) in [6.45, 7) is 19.4. The van der Waals surface area contributed by atoms with Crippen molar-refractivity contribution in [2.24, 2.45) is 5.92 Å². The summed E-state index contributed by atoms with van der Waals surface area (Å²) in [7, 11) is 0. The molecule has 0 amide bonds. The van der Waals surface area contributed by atoms with E-state index in [-0.39, 0.29) is 5.41 Å². The zero-order valence-corrected chi connectivity index (χ0v) is 15.4. The standard InChI is InChI=1S/C20H35N/c1-9-10-21-19(14(2)3)13-18-15(4)11-17(12-16(18)5)20(6,7)8/h11-12,14,19,21H,9-10,13H2,1-8H3. The molecule has 1 heteroatoms. The van der Waals surface area contributed by atoms with Crippen LogP contribution in [0.3, 0.4) is 0 Å². The molecule has 1 N–H and O–H groups in total. The highest BCUT2D eigenvalue weighted by Gasteiger charge is 2.19. The molecule has 0 bridgehead atoms. The molecular weight excluding hydrogens is 254 g/mol. The lowest BCUT2D eigenvalue weighted by molar-refractivity contribution is 0.396. The van der Waals surface area contributed by atoms with E-state index in [2.05, 4.69) is 72.8 Å². The third kappa shape index (κ3) is 5.14. The van der Waals surface area contributed by atoms with Crippen molar-refractivity contribution in [1.29, 1.82) is 0 Å². The molecule has 0 saturated carbocycles. The number of hydrogen-bond acceptors (Lipinski definition) is 1. The maximum atomic E-state index is 3.72. The highest BCUT2D eigenvalue weighted by Crippen LogP contribution is 2.28. The van der Waals surface area contributed by atoms with Crippen LogP contribution < -0.4 is 5.32 Å². The molecule has 1 nitrogen and oxygen atoms in total. The second kappa shape index (κ2) is 7.45. The molecule has 0 saturated heterocycles. The van der Waals surface area contributed by atoms with E-state index in [1.165, 1.54) is 28.7 Å². The summed E-state index contributed by atoms with van der Waals surface area (Å²) in [4.78, 5) is 0. The first-order valence-electron chi connectivity index (χ1n) is 8.50. The predicted octanol–water partition coefficient (Wildman–Crippen LogP) is 5.17. The minimum Gasteiger partial charge on any atom is -0.313 e. The van der Waals surface area contributed by atoms with Crippen LogP contribution in [0.15, 0.2) is 12.1 Å². The van der Waals surface area contributed by atoms with Gasteiger partial charge in [-0.15, -0.1) is 0 Å². The molecule has 0 heterocycles. The van der Waals surface area contributed by atoms with Gasteiger partial charge in [0.25, 0.3) is 0 Å². The molecule has 0 aliphatic carbocycles. The molecule has 0 fully saturated rings. The van der Waals surface area contributed by atoms with Crippen molar-refractivity contribution in [3.05, 3.63) is 34.4 Å². The van der Waals surface area contributed by atoms with Crippen LogP contribution in [0.2, 0.25) is 0 Å². The lowest BCUT2D eigenvalue weighted by Gasteiger charge is -2.26. The van der Waals surface area contributed by atoms with Gasteiger partial charge in [0.05, 0.1) is 0 Å². The van der Waals surface area contributed by atoms with Gasteiger partial charge in [-0.1, -0.05) is 53.7 Å². The minimum atomic E-state index is 0.228. The topological polar surface area (TPSA) is 12.0 Å². The van der Waals surface area contributed by atoms with Crippen LogP contribution in [-0.2, 0) is 11.8 Å². The van der Waals surface area contributed by atoms with Crippen LogP contribution in [0.5, 0.6) is 0 Å². The van der Waals surface area contributed by atoms with E-state index >= 15 is 0 Å². The smallest absolute Gasteiger partial charge is 0.0131 e. The molecule has 0 aliphatic heterocycles. The van der Waals surface area contributed by atoms with Crippen molar-refractivity contribution in [1.82, 2.24) is 5.32 Å². The van der Waals surface area contributed by atoms with E-state index < -0.39 is 0 Å². The molecule has 21 heavy (non-hydrogen) atoms. The van der Waals surface area contributed by atoms with Gasteiger partial charge in [-0.2, -0.15) is 0 Å². The molecule has 0 aliphatic rings. The van der Waals surface area contributed by atoms with E-state index in [9.17, 15) is 0 Å². The van der Waals surface area contributed by atoms with E-state index in [1.54, 1.807) is 0 Å². The second-order valence-corrected chi connectivity index (χ2v) is 7.85. The third-order valence-electron chi connectivity index (χ3n) is 4.45. The van der Waals surface area contributed by atoms with E-state index in [1.807, 2.05) is 0 Å². The molecule has 1 atom stereocenters. The van der Waals surface area contributed by atoms with Gasteiger partial charge in [-0.3, -0.25) is 0 Å². The summed E-state index contributed by atoms with van der Waals surface area (Å²) in [5, 5.41) is 3.72. The number of aryl methyl sites for hydroxylation is 2. The number of nitrogens with one attached hydrogen (secondary N) is 1. The fraction of sp³-hybridized carbons (Fsp3) is 0.700. The monoisotopic (exact) mass is 289 g/mol. The molecule has 1 aromatic carbocycles. The Kier molecular flexibility index (Phi) is 6.46. The Morgan fingerprint density at radius 1 is 1.05 bits per heavy atom. The summed E-state index contributed by atoms with van der Waals surface area (Å²) >= 11 is 0.